The molecule has 0 aromatic heterocycles. The van der Waals surface area contributed by atoms with Gasteiger partial charge in [-0.1, -0.05) is 13.8 Å². The molecule has 3 nitrogen and oxygen atoms in total. The van der Waals surface area contributed by atoms with E-state index in [0.717, 1.165) is 13.2 Å². The highest BCUT2D eigenvalue weighted by Crippen LogP contribution is 2.29. The summed E-state index contributed by atoms with van der Waals surface area (Å²) < 4.78 is 5.75. The highest BCUT2D eigenvalue weighted by Gasteiger charge is 2.40. The zero-order valence-corrected chi connectivity index (χ0v) is 14.0. The van der Waals surface area contributed by atoms with Crippen molar-refractivity contribution in [1.29, 1.82) is 0 Å². The van der Waals surface area contributed by atoms with Crippen LogP contribution in [-0.4, -0.2) is 48.3 Å². The summed E-state index contributed by atoms with van der Waals surface area (Å²) in [6.07, 6.45) is 8.03. The molecule has 1 N–H and O–H groups in total. The predicted octanol–water partition coefficient (Wildman–Crippen LogP) is 3.19. The molecule has 2 fully saturated rings. The monoisotopic (exact) mass is 282 g/mol. The van der Waals surface area contributed by atoms with Crippen LogP contribution in [0.5, 0.6) is 0 Å². The minimum atomic E-state index is 0.290. The molecule has 2 saturated heterocycles. The fourth-order valence-electron chi connectivity index (χ4n) is 3.50. The van der Waals surface area contributed by atoms with Gasteiger partial charge < -0.3 is 10.1 Å². The van der Waals surface area contributed by atoms with Crippen LogP contribution in [-0.2, 0) is 4.74 Å². The summed E-state index contributed by atoms with van der Waals surface area (Å²) in [5.41, 5.74) is 0.615. The van der Waals surface area contributed by atoms with Crippen LogP contribution in [0.3, 0.4) is 0 Å². The molecular formula is C17H34N2O. The fraction of sp³-hybridized carbons (Fsp3) is 1.00. The Morgan fingerprint density at radius 1 is 1.25 bits per heavy atom. The molecule has 2 rings (SSSR count). The third kappa shape index (κ3) is 3.75. The van der Waals surface area contributed by atoms with Gasteiger partial charge in [0.15, 0.2) is 0 Å². The molecule has 0 aliphatic carbocycles. The van der Waals surface area contributed by atoms with Gasteiger partial charge in [0, 0.05) is 30.8 Å². The van der Waals surface area contributed by atoms with Gasteiger partial charge in [-0.3, -0.25) is 4.90 Å². The second kappa shape index (κ2) is 6.76. The van der Waals surface area contributed by atoms with Crippen LogP contribution in [0.4, 0.5) is 0 Å². The molecule has 2 heterocycles. The van der Waals surface area contributed by atoms with E-state index in [1.807, 2.05) is 0 Å². The van der Waals surface area contributed by atoms with Crippen LogP contribution in [0.25, 0.3) is 0 Å². The minimum Gasteiger partial charge on any atom is -0.378 e. The summed E-state index contributed by atoms with van der Waals surface area (Å²) >= 11 is 0. The molecule has 0 aromatic carbocycles. The second-order valence-electron chi connectivity index (χ2n) is 7.32. The Balaban J connectivity index is 1.86. The molecule has 3 heteroatoms. The maximum absolute atomic E-state index is 5.75. The zero-order valence-electron chi connectivity index (χ0n) is 14.0. The van der Waals surface area contributed by atoms with E-state index in [1.165, 1.54) is 51.6 Å². The van der Waals surface area contributed by atoms with E-state index in [9.17, 15) is 0 Å². The Morgan fingerprint density at radius 2 is 2.05 bits per heavy atom. The van der Waals surface area contributed by atoms with Crippen LogP contribution in [0.2, 0.25) is 0 Å². The van der Waals surface area contributed by atoms with Crippen molar-refractivity contribution in [2.45, 2.75) is 83.4 Å². The summed E-state index contributed by atoms with van der Waals surface area (Å²) in [4.78, 5) is 2.74. The van der Waals surface area contributed by atoms with Crippen molar-refractivity contribution in [3.05, 3.63) is 0 Å². The van der Waals surface area contributed by atoms with Gasteiger partial charge in [-0.2, -0.15) is 0 Å². The molecule has 3 atom stereocenters. The van der Waals surface area contributed by atoms with E-state index in [1.54, 1.807) is 0 Å². The lowest BCUT2D eigenvalue weighted by atomic mass is 9.85. The van der Waals surface area contributed by atoms with Crippen LogP contribution < -0.4 is 5.32 Å². The number of hydrogen-bond acceptors (Lipinski definition) is 3. The molecule has 2 aliphatic rings. The molecule has 2 aliphatic heterocycles. The number of nitrogens with one attached hydrogen (secondary N) is 1. The second-order valence-corrected chi connectivity index (χ2v) is 7.32. The Bertz CT molecular complexity index is 303. The SMILES string of the molecule is CCC1(C)CN(CCCC2CCCO2)C(C)(CC)CN1. The summed E-state index contributed by atoms with van der Waals surface area (Å²) in [6.45, 7) is 13.9. The quantitative estimate of drug-likeness (QED) is 0.810. The van der Waals surface area contributed by atoms with Crippen molar-refractivity contribution >= 4 is 0 Å². The van der Waals surface area contributed by atoms with E-state index in [4.69, 9.17) is 4.74 Å². The van der Waals surface area contributed by atoms with Gasteiger partial charge in [0.25, 0.3) is 0 Å². The lowest BCUT2D eigenvalue weighted by Crippen LogP contribution is -2.67. The summed E-state index contributed by atoms with van der Waals surface area (Å²) in [7, 11) is 0. The number of nitrogens with zero attached hydrogens (tertiary/aromatic N) is 1. The van der Waals surface area contributed by atoms with Gasteiger partial charge in [0.05, 0.1) is 6.10 Å². The Morgan fingerprint density at radius 3 is 2.65 bits per heavy atom. The number of hydrogen-bond donors (Lipinski definition) is 1. The summed E-state index contributed by atoms with van der Waals surface area (Å²) in [5.74, 6) is 0. The van der Waals surface area contributed by atoms with Crippen LogP contribution in [0.1, 0.15) is 66.2 Å². The predicted molar refractivity (Wildman–Crippen MR) is 85.2 cm³/mol. The summed E-state index contributed by atoms with van der Waals surface area (Å²) in [5, 5.41) is 3.78. The third-order valence-corrected chi connectivity index (χ3v) is 5.72. The maximum Gasteiger partial charge on any atom is 0.0576 e. The molecule has 0 aromatic rings. The van der Waals surface area contributed by atoms with Crippen LogP contribution in [0, 0.1) is 0 Å². The van der Waals surface area contributed by atoms with Crippen LogP contribution >= 0.6 is 0 Å². The van der Waals surface area contributed by atoms with E-state index < -0.39 is 0 Å². The number of piperazine rings is 1. The lowest BCUT2D eigenvalue weighted by Gasteiger charge is -2.52. The Kier molecular flexibility index (Phi) is 5.49. The van der Waals surface area contributed by atoms with Gasteiger partial charge in [-0.05, 0) is 58.9 Å². The van der Waals surface area contributed by atoms with Gasteiger partial charge in [0.2, 0.25) is 0 Å². The Labute approximate surface area is 125 Å². The van der Waals surface area contributed by atoms with E-state index in [0.29, 0.717) is 17.2 Å². The highest BCUT2D eigenvalue weighted by atomic mass is 16.5. The largest absolute Gasteiger partial charge is 0.378 e. The number of ether oxygens (including phenoxy) is 1. The van der Waals surface area contributed by atoms with Gasteiger partial charge in [0.1, 0.15) is 0 Å². The fourth-order valence-corrected chi connectivity index (χ4v) is 3.50. The molecule has 0 amide bonds. The third-order valence-electron chi connectivity index (χ3n) is 5.72. The Hall–Kier alpha value is -0.120. The first-order chi connectivity index (χ1) is 9.51. The molecule has 3 unspecified atom stereocenters. The van der Waals surface area contributed by atoms with Gasteiger partial charge >= 0.3 is 0 Å². The molecule has 0 bridgehead atoms. The summed E-state index contributed by atoms with van der Waals surface area (Å²) in [6, 6.07) is 0. The van der Waals surface area contributed by atoms with Crippen molar-refractivity contribution in [1.82, 2.24) is 10.2 Å². The highest BCUT2D eigenvalue weighted by molar-refractivity contribution is 5.00. The van der Waals surface area contributed by atoms with Gasteiger partial charge in [-0.15, -0.1) is 0 Å². The first kappa shape index (κ1) is 16.3. The molecule has 0 radical (unpaired) electrons. The van der Waals surface area contributed by atoms with E-state index in [2.05, 4.69) is 37.9 Å². The average molecular weight is 282 g/mol. The van der Waals surface area contributed by atoms with Crippen molar-refractivity contribution < 1.29 is 4.74 Å². The van der Waals surface area contributed by atoms with Crippen molar-refractivity contribution in [3.63, 3.8) is 0 Å². The van der Waals surface area contributed by atoms with Crippen LogP contribution in [0.15, 0.2) is 0 Å². The standard InChI is InChI=1S/C17H34N2O/c1-5-16(3)14-19(17(4,6-2)13-18-16)11-7-9-15-10-8-12-20-15/h15,18H,5-14H2,1-4H3. The first-order valence-corrected chi connectivity index (χ1v) is 8.63. The van der Waals surface area contributed by atoms with E-state index in [-0.39, 0.29) is 0 Å². The molecule has 0 saturated carbocycles. The number of rotatable bonds is 6. The minimum absolute atomic E-state index is 0.290. The molecular weight excluding hydrogens is 248 g/mol. The van der Waals surface area contributed by atoms with Crippen molar-refractivity contribution in [2.24, 2.45) is 0 Å². The molecule has 20 heavy (non-hydrogen) atoms. The molecule has 118 valence electrons. The van der Waals surface area contributed by atoms with Gasteiger partial charge in [-0.25, -0.2) is 0 Å². The molecule has 0 spiro atoms. The topological polar surface area (TPSA) is 24.5 Å². The smallest absolute Gasteiger partial charge is 0.0576 e. The first-order valence-electron chi connectivity index (χ1n) is 8.63. The lowest BCUT2D eigenvalue weighted by molar-refractivity contribution is 0.0120. The maximum atomic E-state index is 5.75. The van der Waals surface area contributed by atoms with Crippen molar-refractivity contribution in [3.8, 4) is 0 Å². The normalized spacial score (nSPS) is 39.3. The average Bonchev–Trinajstić information content (AvgIpc) is 2.96. The zero-order chi connectivity index (χ0) is 14.6. The van der Waals surface area contributed by atoms with Crippen molar-refractivity contribution in [2.75, 3.05) is 26.2 Å². The van der Waals surface area contributed by atoms with E-state index >= 15 is 0 Å².